The number of unbranched alkanes of at least 4 members (excludes halogenated alkanes) is 1. The first-order chi connectivity index (χ1) is 21.2. The van der Waals surface area contributed by atoms with E-state index in [-0.39, 0.29) is 11.3 Å². The van der Waals surface area contributed by atoms with Crippen molar-refractivity contribution in [3.63, 3.8) is 0 Å². The van der Waals surface area contributed by atoms with Crippen LogP contribution in [0.2, 0.25) is 0 Å². The highest BCUT2D eigenvalue weighted by Gasteiger charge is 2.41. The topological polar surface area (TPSA) is 75.4 Å². The number of carbonyl (C=O) groups is 2. The Morgan fingerprint density at radius 1 is 0.978 bits per heavy atom. The van der Waals surface area contributed by atoms with Crippen LogP contribution in [0.3, 0.4) is 0 Å². The van der Waals surface area contributed by atoms with E-state index in [1.807, 2.05) is 12.2 Å². The molecule has 2 unspecified atom stereocenters. The van der Waals surface area contributed by atoms with E-state index >= 15 is 4.39 Å². The largest absolute Gasteiger partial charge is 0.416 e. The Morgan fingerprint density at radius 3 is 2.38 bits per heavy atom. The van der Waals surface area contributed by atoms with Gasteiger partial charge in [0, 0.05) is 12.1 Å². The molecule has 0 spiro atoms. The normalized spacial score (nSPS) is 18.0. The molecule has 1 saturated heterocycles. The van der Waals surface area contributed by atoms with E-state index in [4.69, 9.17) is 5.73 Å². The summed E-state index contributed by atoms with van der Waals surface area (Å²) in [5.41, 5.74) is 6.97. The maximum Gasteiger partial charge on any atom is 0.416 e. The average Bonchev–Trinajstić information content (AvgIpc) is 3.32. The highest BCUT2D eigenvalue weighted by atomic mass is 19.4. The maximum atomic E-state index is 15.1. The predicted molar refractivity (Wildman–Crippen MR) is 155 cm³/mol. The van der Waals surface area contributed by atoms with Gasteiger partial charge in [-0.1, -0.05) is 37.6 Å². The Hall–Kier alpha value is -3.93. The Balaban J connectivity index is 1.80. The summed E-state index contributed by atoms with van der Waals surface area (Å²) in [6.07, 6.45) is -6.56. The van der Waals surface area contributed by atoms with Gasteiger partial charge in [-0.3, -0.25) is 9.59 Å². The molecule has 0 bridgehead atoms. The van der Waals surface area contributed by atoms with Crippen LogP contribution in [0, 0.1) is 5.82 Å². The molecule has 3 aromatic rings. The van der Waals surface area contributed by atoms with Gasteiger partial charge in [-0.15, -0.1) is 0 Å². The van der Waals surface area contributed by atoms with Gasteiger partial charge in [0.1, 0.15) is 12.4 Å². The van der Waals surface area contributed by atoms with Gasteiger partial charge in [0.05, 0.1) is 28.9 Å². The molecule has 2 atom stereocenters. The molecule has 5 nitrogen and oxygen atoms in total. The van der Waals surface area contributed by atoms with E-state index in [2.05, 4.69) is 0 Å². The van der Waals surface area contributed by atoms with Crippen LogP contribution in [-0.2, 0) is 17.4 Å². The second-order valence-electron chi connectivity index (χ2n) is 11.4. The summed E-state index contributed by atoms with van der Waals surface area (Å²) in [7, 11) is 0. The van der Waals surface area contributed by atoms with Gasteiger partial charge in [-0.25, -0.2) is 4.39 Å². The zero-order valence-corrected chi connectivity index (χ0v) is 24.4. The highest BCUT2D eigenvalue weighted by Crippen LogP contribution is 2.51. The van der Waals surface area contributed by atoms with Crippen LogP contribution >= 0.6 is 0 Å². The van der Waals surface area contributed by atoms with E-state index in [1.54, 1.807) is 29.2 Å². The molecule has 3 N–H and O–H groups in total. The SMILES string of the molecule is CCCCc1c2c(cc(C(=O)c3cc(C(F)(F)F)ccc3F)c1N1CCCCC1N)-c1ccccc1C2C(=O)NCC(F)(F)F. The number of hydrogen-bond donors (Lipinski definition) is 2. The number of nitrogens with zero attached hydrogens (tertiary/aromatic N) is 1. The Morgan fingerprint density at radius 2 is 1.71 bits per heavy atom. The number of piperidine rings is 1. The molecule has 45 heavy (non-hydrogen) atoms. The number of hydrogen-bond acceptors (Lipinski definition) is 4. The number of nitrogens with two attached hydrogens (primary N) is 1. The number of nitrogens with one attached hydrogen (secondary N) is 1. The van der Waals surface area contributed by atoms with Crippen molar-refractivity contribution in [2.75, 3.05) is 18.0 Å². The Bertz CT molecular complexity index is 1620. The van der Waals surface area contributed by atoms with Gasteiger partial charge in [-0.2, -0.15) is 26.3 Å². The fourth-order valence-corrected chi connectivity index (χ4v) is 6.37. The third kappa shape index (κ3) is 6.43. The van der Waals surface area contributed by atoms with Crippen molar-refractivity contribution in [1.82, 2.24) is 5.32 Å². The molecule has 1 fully saturated rings. The van der Waals surface area contributed by atoms with Crippen molar-refractivity contribution in [1.29, 1.82) is 0 Å². The van der Waals surface area contributed by atoms with Gasteiger partial charge in [-0.05, 0) is 84.2 Å². The van der Waals surface area contributed by atoms with Crippen LogP contribution in [0.5, 0.6) is 0 Å². The minimum Gasteiger partial charge on any atom is -0.355 e. The first-order valence-electron chi connectivity index (χ1n) is 14.8. The molecule has 0 saturated carbocycles. The lowest BCUT2D eigenvalue weighted by atomic mass is 9.84. The first-order valence-corrected chi connectivity index (χ1v) is 14.8. The van der Waals surface area contributed by atoms with E-state index in [0.717, 1.165) is 6.42 Å². The number of carbonyl (C=O) groups excluding carboxylic acids is 2. The summed E-state index contributed by atoms with van der Waals surface area (Å²) in [5, 5.41) is 2.00. The minimum absolute atomic E-state index is 0.0819. The average molecular weight is 636 g/mol. The van der Waals surface area contributed by atoms with E-state index in [0.29, 0.717) is 84.7 Å². The van der Waals surface area contributed by atoms with Crippen LogP contribution in [0.15, 0.2) is 48.5 Å². The molecule has 12 heteroatoms. The minimum atomic E-state index is -4.83. The van der Waals surface area contributed by atoms with Crippen LogP contribution in [0.1, 0.15) is 83.1 Å². The quantitative estimate of drug-likeness (QED) is 0.199. The molecule has 240 valence electrons. The van der Waals surface area contributed by atoms with Crippen molar-refractivity contribution in [3.8, 4) is 11.1 Å². The molecule has 2 aliphatic rings. The lowest BCUT2D eigenvalue weighted by Gasteiger charge is -2.38. The summed E-state index contributed by atoms with van der Waals surface area (Å²) in [5.74, 6) is -4.16. The van der Waals surface area contributed by atoms with E-state index in [9.17, 15) is 35.9 Å². The second-order valence-corrected chi connectivity index (χ2v) is 11.4. The number of alkyl halides is 6. The molecular formula is C33H32F7N3O2. The van der Waals surface area contributed by atoms with Gasteiger partial charge >= 0.3 is 12.4 Å². The number of halogens is 7. The third-order valence-electron chi connectivity index (χ3n) is 8.42. The monoisotopic (exact) mass is 635 g/mol. The third-order valence-corrected chi connectivity index (χ3v) is 8.42. The molecule has 0 radical (unpaired) electrons. The number of ketones is 1. The fourth-order valence-electron chi connectivity index (χ4n) is 6.37. The van der Waals surface area contributed by atoms with Gasteiger partial charge < -0.3 is 16.0 Å². The van der Waals surface area contributed by atoms with Crippen LogP contribution < -0.4 is 16.0 Å². The molecule has 0 aromatic heterocycles. The summed E-state index contributed by atoms with van der Waals surface area (Å²) >= 11 is 0. The Kier molecular flexibility index (Phi) is 8.99. The molecule has 1 aliphatic carbocycles. The lowest BCUT2D eigenvalue weighted by molar-refractivity contribution is -0.138. The number of benzene rings is 3. The van der Waals surface area contributed by atoms with Crippen molar-refractivity contribution >= 4 is 17.4 Å². The number of fused-ring (bicyclic) bond motifs is 3. The Labute approximate surface area is 255 Å². The van der Waals surface area contributed by atoms with Gasteiger partial charge in [0.2, 0.25) is 5.91 Å². The first kappa shape index (κ1) is 32.5. The van der Waals surface area contributed by atoms with Crippen molar-refractivity contribution < 1.29 is 40.3 Å². The predicted octanol–water partition coefficient (Wildman–Crippen LogP) is 7.48. The molecule has 5 rings (SSSR count). The standard InChI is InChI=1S/C33H32F7N3O2/c1-2-3-8-21-27-22(19-9-4-5-10-20(19)28(27)31(45)42-17-32(35,36)37)16-24(29(21)43-14-7-6-11-26(43)41)30(44)23-15-18(33(38,39)40)12-13-25(23)34/h4-5,9-10,12-13,15-16,26,28H,2-3,6-8,11,14,17,41H2,1H3,(H,42,45). The van der Waals surface area contributed by atoms with Crippen molar-refractivity contribution in [2.24, 2.45) is 5.73 Å². The van der Waals surface area contributed by atoms with Crippen molar-refractivity contribution in [3.05, 3.63) is 87.7 Å². The summed E-state index contributed by atoms with van der Waals surface area (Å²) in [6, 6.07) is 9.68. The molecular weight excluding hydrogens is 603 g/mol. The molecule has 1 heterocycles. The van der Waals surface area contributed by atoms with Crippen LogP contribution in [-0.4, -0.2) is 37.1 Å². The zero-order chi connectivity index (χ0) is 32.7. The van der Waals surface area contributed by atoms with Gasteiger partial charge in [0.25, 0.3) is 0 Å². The van der Waals surface area contributed by atoms with Crippen LogP contribution in [0.4, 0.5) is 36.4 Å². The summed E-state index contributed by atoms with van der Waals surface area (Å²) in [6.45, 7) is 0.753. The van der Waals surface area contributed by atoms with E-state index in [1.165, 1.54) is 6.07 Å². The van der Waals surface area contributed by atoms with Gasteiger partial charge in [0.15, 0.2) is 5.78 Å². The highest BCUT2D eigenvalue weighted by molar-refractivity contribution is 6.15. The summed E-state index contributed by atoms with van der Waals surface area (Å²) in [4.78, 5) is 29.5. The lowest BCUT2D eigenvalue weighted by Crippen LogP contribution is -2.47. The molecule has 3 aromatic carbocycles. The number of rotatable bonds is 8. The second kappa shape index (κ2) is 12.5. The summed E-state index contributed by atoms with van der Waals surface area (Å²) < 4.78 is 95.5. The fraction of sp³-hybridized carbons (Fsp3) is 0.394. The smallest absolute Gasteiger partial charge is 0.355 e. The maximum absolute atomic E-state index is 15.1. The van der Waals surface area contributed by atoms with E-state index < -0.39 is 59.6 Å². The zero-order valence-electron chi connectivity index (χ0n) is 24.4. The van der Waals surface area contributed by atoms with Crippen LogP contribution in [0.25, 0.3) is 11.1 Å². The molecule has 1 aliphatic heterocycles. The van der Waals surface area contributed by atoms with Crippen molar-refractivity contribution in [2.45, 2.75) is 69.9 Å². The molecule has 1 amide bonds. The number of amides is 1. The number of anilines is 1.